The topological polar surface area (TPSA) is 66.9 Å². The van der Waals surface area contributed by atoms with Crippen LogP contribution in [-0.2, 0) is 20.8 Å². The van der Waals surface area contributed by atoms with Crippen LogP contribution in [0.2, 0.25) is 0 Å². The summed E-state index contributed by atoms with van der Waals surface area (Å²) < 4.78 is 26.4. The highest BCUT2D eigenvalue weighted by molar-refractivity contribution is 6.00. The Kier molecular flexibility index (Phi) is 6.10. The highest BCUT2D eigenvalue weighted by atomic mass is 19.1. The van der Waals surface area contributed by atoms with Crippen molar-refractivity contribution in [2.75, 3.05) is 34.9 Å². The minimum atomic E-state index is -1.12. The summed E-state index contributed by atoms with van der Waals surface area (Å²) in [5.74, 6) is 0.365. The van der Waals surface area contributed by atoms with Crippen LogP contribution in [-0.4, -0.2) is 55.1 Å². The molecule has 0 radical (unpaired) electrons. The number of hydrogen-bond donors (Lipinski definition) is 1. The van der Waals surface area contributed by atoms with E-state index in [0.717, 1.165) is 54.4 Å². The van der Waals surface area contributed by atoms with E-state index in [1.165, 1.54) is 0 Å². The second kappa shape index (κ2) is 9.39. The maximum atomic E-state index is 14.9. The van der Waals surface area contributed by atoms with E-state index in [2.05, 4.69) is 27.3 Å². The fourth-order valence-electron chi connectivity index (χ4n) is 6.09. The number of rotatable bonds is 4. The molecule has 5 aliphatic rings. The third kappa shape index (κ3) is 4.27. The molecule has 1 saturated carbocycles. The fraction of sp³-hybridized carbons (Fsp3) is 0.556. The number of carbonyl (C=O) groups is 1. The molecule has 7 rings (SSSR count). The van der Waals surface area contributed by atoms with Crippen molar-refractivity contribution in [3.63, 3.8) is 0 Å². The van der Waals surface area contributed by atoms with Crippen LogP contribution in [0.15, 0.2) is 36.5 Å². The summed E-state index contributed by atoms with van der Waals surface area (Å²) in [7, 11) is 0. The Morgan fingerprint density at radius 1 is 1.26 bits per heavy atom. The van der Waals surface area contributed by atoms with E-state index in [4.69, 9.17) is 9.47 Å². The first kappa shape index (κ1) is 22.7. The van der Waals surface area contributed by atoms with Crippen molar-refractivity contribution >= 4 is 28.8 Å². The maximum Gasteiger partial charge on any atom is 0.230 e. The molecular formula is C27H33FN4O3. The second-order valence-electron chi connectivity index (χ2n) is 10.1. The van der Waals surface area contributed by atoms with Gasteiger partial charge >= 0.3 is 0 Å². The molecule has 1 N–H and O–H groups in total. The van der Waals surface area contributed by atoms with Gasteiger partial charge in [-0.3, -0.25) is 4.79 Å². The van der Waals surface area contributed by atoms with Crippen molar-refractivity contribution in [1.29, 1.82) is 0 Å². The Labute approximate surface area is 205 Å². The molecule has 1 aromatic heterocycles. The molecule has 2 aromatic rings. The summed E-state index contributed by atoms with van der Waals surface area (Å²) in [6.07, 6.45) is 4.13. The SMILES string of the molecule is CCO[C@H]1CC[C@@H](C(=O)N2Cc3cccnc3Nc3ccc(N4C[C@@H]5CC[C@@H]4CO5)cc32)C[C@@H]1F. The van der Waals surface area contributed by atoms with Gasteiger partial charge in [-0.25, -0.2) is 9.37 Å². The van der Waals surface area contributed by atoms with Crippen LogP contribution in [0.25, 0.3) is 0 Å². The summed E-state index contributed by atoms with van der Waals surface area (Å²) in [5, 5.41) is 3.45. The van der Waals surface area contributed by atoms with Crippen molar-refractivity contribution in [1.82, 2.24) is 4.98 Å². The third-order valence-corrected chi connectivity index (χ3v) is 7.97. The van der Waals surface area contributed by atoms with E-state index in [-0.39, 0.29) is 24.3 Å². The van der Waals surface area contributed by atoms with Gasteiger partial charge in [-0.05, 0) is 63.3 Å². The van der Waals surface area contributed by atoms with Crippen molar-refractivity contribution < 1.29 is 18.7 Å². The Bertz CT molecular complexity index is 1090. The van der Waals surface area contributed by atoms with Gasteiger partial charge in [0.1, 0.15) is 12.0 Å². The zero-order valence-electron chi connectivity index (χ0n) is 20.2. The van der Waals surface area contributed by atoms with E-state index < -0.39 is 12.3 Å². The van der Waals surface area contributed by atoms with Crippen LogP contribution in [0.3, 0.4) is 0 Å². The van der Waals surface area contributed by atoms with E-state index >= 15 is 0 Å². The van der Waals surface area contributed by atoms with Crippen LogP contribution < -0.4 is 15.1 Å². The predicted octanol–water partition coefficient (Wildman–Crippen LogP) is 4.58. The largest absolute Gasteiger partial charge is 0.375 e. The zero-order chi connectivity index (χ0) is 23.9. The van der Waals surface area contributed by atoms with Gasteiger partial charge in [0.05, 0.1) is 42.8 Å². The second-order valence-corrected chi connectivity index (χ2v) is 10.1. The van der Waals surface area contributed by atoms with Gasteiger partial charge < -0.3 is 24.6 Å². The van der Waals surface area contributed by atoms with E-state index in [0.29, 0.717) is 32.0 Å². The summed E-state index contributed by atoms with van der Waals surface area (Å²) in [6, 6.07) is 10.5. The van der Waals surface area contributed by atoms with Crippen molar-refractivity contribution in [2.45, 2.75) is 70.0 Å². The van der Waals surface area contributed by atoms with Crippen LogP contribution >= 0.6 is 0 Å². The summed E-state index contributed by atoms with van der Waals surface area (Å²) in [6.45, 7) is 4.40. The number of nitrogens with zero attached hydrogens (tertiary/aromatic N) is 3. The monoisotopic (exact) mass is 480 g/mol. The normalized spacial score (nSPS) is 29.7. The number of anilines is 4. The molecule has 3 saturated heterocycles. The molecule has 0 unspecified atom stereocenters. The molecule has 1 aromatic carbocycles. The smallest absolute Gasteiger partial charge is 0.230 e. The number of hydrogen-bond acceptors (Lipinski definition) is 6. The van der Waals surface area contributed by atoms with Crippen molar-refractivity contribution in [2.24, 2.45) is 5.92 Å². The number of alkyl halides is 1. The average molecular weight is 481 g/mol. The fourth-order valence-corrected chi connectivity index (χ4v) is 6.09. The molecular weight excluding hydrogens is 447 g/mol. The number of nitrogens with one attached hydrogen (secondary N) is 1. The number of amides is 1. The summed E-state index contributed by atoms with van der Waals surface area (Å²) in [4.78, 5) is 22.7. The standard InChI is InChI=1S/C27H33FN4O3/c1-2-34-25-10-5-17(12-22(25)28)27(33)32-14-18-4-3-11-29-26(18)30-23-9-7-19(13-24(23)32)31-15-21-8-6-20(31)16-35-21/h3-4,7,9,11,13,17,20-22,25H,2,5-6,8,10,12,14-16H2,1H3,(H,29,30)/t17-,20-,21+,22+,25+/m1/s1. The van der Waals surface area contributed by atoms with Gasteiger partial charge in [0.25, 0.3) is 0 Å². The molecule has 1 aliphatic carbocycles. The molecule has 5 heterocycles. The molecule has 7 nitrogen and oxygen atoms in total. The molecule has 186 valence electrons. The number of fused-ring (bicyclic) bond motifs is 5. The summed E-state index contributed by atoms with van der Waals surface area (Å²) in [5.41, 5.74) is 3.72. The number of carbonyl (C=O) groups excluding carboxylic acids is 1. The minimum absolute atomic E-state index is 0.0250. The molecule has 1 amide bonds. The molecule has 4 fully saturated rings. The Morgan fingerprint density at radius 2 is 2.17 bits per heavy atom. The number of pyridine rings is 1. The number of benzene rings is 1. The Morgan fingerprint density at radius 3 is 2.91 bits per heavy atom. The third-order valence-electron chi connectivity index (χ3n) is 7.97. The van der Waals surface area contributed by atoms with Gasteiger partial charge in [-0.15, -0.1) is 0 Å². The van der Waals surface area contributed by atoms with Crippen LogP contribution in [0, 0.1) is 5.92 Å². The van der Waals surface area contributed by atoms with E-state index in [1.807, 2.05) is 30.0 Å². The van der Waals surface area contributed by atoms with Gasteiger partial charge in [0.2, 0.25) is 5.91 Å². The first-order valence-electron chi connectivity index (χ1n) is 12.9. The lowest BCUT2D eigenvalue weighted by Gasteiger charge is -2.46. The molecule has 0 spiro atoms. The zero-order valence-corrected chi connectivity index (χ0v) is 20.2. The molecule has 2 bridgehead atoms. The minimum Gasteiger partial charge on any atom is -0.375 e. The van der Waals surface area contributed by atoms with Crippen molar-refractivity contribution in [3.05, 3.63) is 42.1 Å². The van der Waals surface area contributed by atoms with Gasteiger partial charge in [-0.2, -0.15) is 0 Å². The van der Waals surface area contributed by atoms with Crippen LogP contribution in [0.1, 0.15) is 44.6 Å². The number of morpholine rings is 1. The molecule has 8 heteroatoms. The van der Waals surface area contributed by atoms with Crippen LogP contribution in [0.4, 0.5) is 27.3 Å². The van der Waals surface area contributed by atoms with E-state index in [9.17, 15) is 9.18 Å². The first-order valence-corrected chi connectivity index (χ1v) is 12.9. The van der Waals surface area contributed by atoms with Crippen molar-refractivity contribution in [3.8, 4) is 0 Å². The van der Waals surface area contributed by atoms with Gasteiger partial charge in [0, 0.05) is 36.5 Å². The number of piperidine rings is 1. The highest BCUT2D eigenvalue weighted by Gasteiger charge is 2.39. The molecule has 35 heavy (non-hydrogen) atoms. The summed E-state index contributed by atoms with van der Waals surface area (Å²) >= 11 is 0. The predicted molar refractivity (Wildman–Crippen MR) is 133 cm³/mol. The Hall–Kier alpha value is -2.71. The average Bonchev–Trinajstić information content (AvgIpc) is 3.06. The lowest BCUT2D eigenvalue weighted by molar-refractivity contribution is -0.126. The number of ether oxygens (including phenoxy) is 2. The quantitative estimate of drug-likeness (QED) is 0.691. The highest BCUT2D eigenvalue weighted by Crippen LogP contribution is 2.41. The van der Waals surface area contributed by atoms with Gasteiger partial charge in [0.15, 0.2) is 0 Å². The maximum absolute atomic E-state index is 14.9. The van der Waals surface area contributed by atoms with Gasteiger partial charge in [-0.1, -0.05) is 6.07 Å². The molecule has 5 atom stereocenters. The number of aromatic nitrogens is 1. The van der Waals surface area contributed by atoms with E-state index in [1.54, 1.807) is 6.20 Å². The van der Waals surface area contributed by atoms with Crippen LogP contribution in [0.5, 0.6) is 0 Å². The molecule has 4 aliphatic heterocycles. The lowest BCUT2D eigenvalue weighted by Crippen LogP contribution is -2.54. The Balaban J connectivity index is 1.33. The first-order chi connectivity index (χ1) is 17.1. The number of halogens is 1. The lowest BCUT2D eigenvalue weighted by atomic mass is 9.85.